The van der Waals surface area contributed by atoms with Gasteiger partial charge >= 0.3 is 25.5 Å². The first-order valence-corrected chi connectivity index (χ1v) is 32.7. The number of nitrogens with zero attached hydrogens (tertiary/aromatic N) is 8. The standard InChI is InChI=1S/C33H52N7O6P.C12H20ClNO2.C9H14N5O4P/c1-22(16-40-20-37-25-26(34)35-19-36-27(25)40)46-21-47(43,38-30(2,3)28(41)44-17-32-10-6-23(14-32)7-11-32)39-31(4,5)29(42)45-18-33-12-8-24(15-33)9-13-33;1-11(2,14-13)10(15)16-8-12-5-3-9(7-12)4-6-12;1-6(18-5-19(15,16)17)2-14-4-13-7-8(10)11-3-12-9(7)14/h19-20,22-24H,6-18,21H2,1-5H3,(H2,34,35,36)(H2,38,39,43);9,14H,3-8H2,1-2H3;3-4,6H,2,5H2,1H3,(H2,10,11,12)(H2,15,16,17)/t22-,23?,24?,32?,33?,47?;;6-/m1.1/s1. The summed E-state index contributed by atoms with van der Waals surface area (Å²) in [7, 11) is -7.95. The van der Waals surface area contributed by atoms with Crippen LogP contribution in [0.15, 0.2) is 25.3 Å². The van der Waals surface area contributed by atoms with Gasteiger partial charge in [-0.2, -0.15) is 0 Å². The molecule has 4 heterocycles. The normalized spacial score (nSPS) is 26.2. The summed E-state index contributed by atoms with van der Waals surface area (Å²) < 4.78 is 57.4. The van der Waals surface area contributed by atoms with Crippen LogP contribution in [0.4, 0.5) is 11.6 Å². The summed E-state index contributed by atoms with van der Waals surface area (Å²) in [5.41, 5.74) is 10.7. The van der Waals surface area contributed by atoms with E-state index < -0.39 is 62.2 Å². The van der Waals surface area contributed by atoms with E-state index in [0.29, 0.717) is 60.7 Å². The van der Waals surface area contributed by atoms with Crippen LogP contribution in [0, 0.1) is 34.0 Å². The minimum atomic E-state index is -4.16. The first-order chi connectivity index (χ1) is 38.4. The Morgan fingerprint density at radius 2 is 0.951 bits per heavy atom. The summed E-state index contributed by atoms with van der Waals surface area (Å²) in [6.07, 6.45) is 21.7. The van der Waals surface area contributed by atoms with Gasteiger partial charge in [0.25, 0.3) is 0 Å². The molecular formula is C54H86ClN13O12P2. The lowest BCUT2D eigenvalue weighted by Crippen LogP contribution is -2.54. The van der Waals surface area contributed by atoms with Crippen molar-refractivity contribution in [1.29, 1.82) is 0 Å². The molecule has 6 bridgehead atoms. The van der Waals surface area contributed by atoms with Gasteiger partial charge in [0.05, 0.1) is 57.8 Å². The quantitative estimate of drug-likeness (QED) is 0.0154. The second kappa shape index (κ2) is 25.3. The third-order valence-corrected chi connectivity index (χ3v) is 21.0. The summed E-state index contributed by atoms with van der Waals surface area (Å²) in [4.78, 5) is 83.2. The van der Waals surface area contributed by atoms with Crippen molar-refractivity contribution < 1.29 is 57.0 Å². The highest BCUT2D eigenvalue weighted by Crippen LogP contribution is 2.56. The van der Waals surface area contributed by atoms with Gasteiger partial charge in [0.2, 0.25) is 7.44 Å². The van der Waals surface area contributed by atoms with Crippen LogP contribution in [0.3, 0.4) is 0 Å². The van der Waals surface area contributed by atoms with Gasteiger partial charge in [-0.3, -0.25) is 23.5 Å². The van der Waals surface area contributed by atoms with Gasteiger partial charge in [0, 0.05) is 16.2 Å². The van der Waals surface area contributed by atoms with E-state index in [1.165, 1.54) is 76.8 Å². The molecule has 0 unspecified atom stereocenters. The smallest absolute Gasteiger partial charge is 0.350 e. The molecular weight excluding hydrogens is 1120 g/mol. The van der Waals surface area contributed by atoms with Crippen molar-refractivity contribution >= 4 is 78.7 Å². The number of halogens is 1. The lowest BCUT2D eigenvalue weighted by Gasteiger charge is -2.36. The van der Waals surface area contributed by atoms with Gasteiger partial charge in [-0.25, -0.2) is 44.9 Å². The Kier molecular flexibility index (Phi) is 19.6. The van der Waals surface area contributed by atoms with Gasteiger partial charge in [0.1, 0.15) is 53.0 Å². The average molecular weight is 1210 g/mol. The van der Waals surface area contributed by atoms with Gasteiger partial charge in [-0.05, 0) is 181 Å². The number of fused-ring (bicyclic) bond motifs is 8. The Labute approximate surface area is 484 Å². The molecule has 0 spiro atoms. The van der Waals surface area contributed by atoms with Crippen LogP contribution in [0.1, 0.15) is 152 Å². The molecule has 0 aromatic carbocycles. The molecule has 25 nitrogen and oxygen atoms in total. The summed E-state index contributed by atoms with van der Waals surface area (Å²) in [5, 5.41) is 6.10. The zero-order valence-corrected chi connectivity index (χ0v) is 51.3. The van der Waals surface area contributed by atoms with E-state index in [-0.39, 0.29) is 34.8 Å². The number of anilines is 2. The van der Waals surface area contributed by atoms with Crippen molar-refractivity contribution in [2.75, 3.05) is 44.0 Å². The molecule has 6 fully saturated rings. The molecule has 82 heavy (non-hydrogen) atoms. The van der Waals surface area contributed by atoms with Crippen LogP contribution >= 0.6 is 26.8 Å². The lowest BCUT2D eigenvalue weighted by atomic mass is 9.85. The molecule has 2 atom stereocenters. The maximum atomic E-state index is 14.8. The number of nitrogens with two attached hydrogens (primary N) is 2. The molecule has 9 N–H and O–H groups in total. The van der Waals surface area contributed by atoms with Crippen LogP contribution < -0.4 is 26.5 Å². The van der Waals surface area contributed by atoms with Crippen molar-refractivity contribution in [3.05, 3.63) is 25.3 Å². The number of carbonyl (C=O) groups excluding carboxylic acids is 3. The number of hydrogen-bond acceptors (Lipinski definition) is 19. The second-order valence-corrected chi connectivity index (χ2v) is 30.1. The number of carbonyl (C=O) groups is 3. The molecule has 6 aliphatic rings. The van der Waals surface area contributed by atoms with Crippen molar-refractivity contribution in [2.24, 2.45) is 34.0 Å². The Bertz CT molecular complexity index is 2920. The Morgan fingerprint density at radius 3 is 1.27 bits per heavy atom. The van der Waals surface area contributed by atoms with Gasteiger partial charge in [0.15, 0.2) is 22.9 Å². The number of hydrogen-bond donors (Lipinski definition) is 7. The van der Waals surface area contributed by atoms with Gasteiger partial charge in [-0.1, -0.05) is 0 Å². The van der Waals surface area contributed by atoms with Crippen LogP contribution in [0.2, 0.25) is 0 Å². The van der Waals surface area contributed by atoms with Crippen LogP contribution in [-0.2, 0) is 60.3 Å². The fourth-order valence-corrected chi connectivity index (χ4v) is 16.2. The van der Waals surface area contributed by atoms with Crippen molar-refractivity contribution in [3.8, 4) is 0 Å². The van der Waals surface area contributed by atoms with Crippen molar-refractivity contribution in [2.45, 2.75) is 194 Å². The number of esters is 3. The SMILES string of the molecule is CC(C)(NCl)C(=O)OCC12CCC(CC1)C2.C[C@H](Cn1cnc2c(N)ncnc21)OCP(=O)(NC(C)(C)C(=O)OCC12CCC(CC1)C2)NC(C)(C)C(=O)OCC12CCC(CC1)C2.C[C@H](Cn1cnc2c(N)ncnc21)OCP(=O)(O)O. The van der Waals surface area contributed by atoms with Crippen LogP contribution in [0.25, 0.3) is 22.3 Å². The second-order valence-electron chi connectivity index (χ2n) is 26.1. The molecule has 0 aliphatic heterocycles. The Morgan fingerprint density at radius 1 is 0.610 bits per heavy atom. The highest BCUT2D eigenvalue weighted by atomic mass is 35.5. The molecule has 0 amide bonds. The summed E-state index contributed by atoms with van der Waals surface area (Å²) in [6.45, 7) is 15.6. The van der Waals surface area contributed by atoms with E-state index in [0.717, 1.165) is 56.3 Å². The summed E-state index contributed by atoms with van der Waals surface area (Å²) >= 11 is 5.51. The molecule has 0 saturated heterocycles. The third-order valence-electron chi connectivity index (χ3n) is 17.7. The average Bonchev–Trinajstić information content (AvgIpc) is 4.32. The van der Waals surface area contributed by atoms with Crippen LogP contribution in [0.5, 0.6) is 0 Å². The summed E-state index contributed by atoms with van der Waals surface area (Å²) in [6, 6.07) is 0. The first-order valence-electron chi connectivity index (χ1n) is 28.6. The largest absolute Gasteiger partial charge is 0.464 e. The number of imidazole rings is 2. The maximum Gasteiger partial charge on any atom is 0.350 e. The monoisotopic (exact) mass is 1210 g/mol. The highest BCUT2D eigenvalue weighted by molar-refractivity contribution is 7.59. The van der Waals surface area contributed by atoms with E-state index in [1.807, 2.05) is 6.92 Å². The fourth-order valence-electron chi connectivity index (χ4n) is 13.0. The molecule has 6 aliphatic carbocycles. The fraction of sp³-hybridized carbons (Fsp3) is 0.759. The molecule has 10 rings (SSSR count). The number of rotatable bonds is 24. The predicted molar refractivity (Wildman–Crippen MR) is 307 cm³/mol. The Balaban J connectivity index is 0.000000204. The first kappa shape index (κ1) is 63.6. The van der Waals surface area contributed by atoms with E-state index >= 15 is 0 Å². The van der Waals surface area contributed by atoms with E-state index in [1.54, 1.807) is 63.9 Å². The van der Waals surface area contributed by atoms with E-state index in [4.69, 9.17) is 56.7 Å². The van der Waals surface area contributed by atoms with Crippen molar-refractivity contribution in [1.82, 2.24) is 54.0 Å². The van der Waals surface area contributed by atoms with Crippen molar-refractivity contribution in [3.63, 3.8) is 0 Å². The summed E-state index contributed by atoms with van der Waals surface area (Å²) in [5.74, 6) is 1.69. The predicted octanol–water partition coefficient (Wildman–Crippen LogP) is 7.53. The lowest BCUT2D eigenvalue weighted by molar-refractivity contribution is -0.154. The maximum absolute atomic E-state index is 14.8. The molecule has 28 heteroatoms. The van der Waals surface area contributed by atoms with Crippen LogP contribution in [-0.4, -0.2) is 128 Å². The van der Waals surface area contributed by atoms with E-state index in [9.17, 15) is 23.5 Å². The topological polar surface area (TPSA) is 347 Å². The van der Waals surface area contributed by atoms with Gasteiger partial charge in [-0.15, -0.1) is 0 Å². The minimum absolute atomic E-state index is 0.0634. The zero-order valence-electron chi connectivity index (χ0n) is 48.7. The molecule has 0 radical (unpaired) electrons. The molecule has 456 valence electrons. The molecule has 4 aromatic rings. The van der Waals surface area contributed by atoms with Gasteiger partial charge < -0.3 is 54.1 Å². The molecule has 4 aromatic heterocycles. The number of nitrogen functional groups attached to an aromatic ring is 2. The molecule has 6 saturated carbocycles. The highest BCUT2D eigenvalue weighted by Gasteiger charge is 2.50. The number of ether oxygens (including phenoxy) is 5. The number of nitrogens with one attached hydrogen (secondary N) is 3. The third kappa shape index (κ3) is 15.7. The Hall–Kier alpha value is -4.42. The number of aromatic nitrogens is 8. The van der Waals surface area contributed by atoms with E-state index in [2.05, 4.69) is 44.9 Å². The minimum Gasteiger partial charge on any atom is -0.464 e. The zero-order chi connectivity index (χ0) is 59.5.